The molecule has 2 N–H and O–H groups in total. The Bertz CT molecular complexity index is 129. The second-order valence-corrected chi connectivity index (χ2v) is 2.16. The van der Waals surface area contributed by atoms with Gasteiger partial charge in [0.15, 0.2) is 0 Å². The van der Waals surface area contributed by atoms with E-state index < -0.39 is 12.1 Å². The van der Waals surface area contributed by atoms with E-state index in [2.05, 4.69) is 5.32 Å². The Kier molecular flexibility index (Phi) is 3.60. The first-order chi connectivity index (χ1) is 4.22. The number of alkyl halides is 1. The molecule has 0 aromatic carbocycles. The number of hydrogen-bond donors (Lipinski definition) is 2. The molecule has 0 aliphatic carbocycles. The fourth-order valence-electron chi connectivity index (χ4n) is 0.720. The van der Waals surface area contributed by atoms with Crippen molar-refractivity contribution in [3.05, 3.63) is 0 Å². The monoisotopic (exact) mass is 169 g/mol. The lowest BCUT2D eigenvalue weighted by Gasteiger charge is -2.27. The SMILES string of the molecule is Cl.O=C(O)C(F)C1CNC1. The Hall–Kier alpha value is -0.350. The summed E-state index contributed by atoms with van der Waals surface area (Å²) in [6, 6.07) is 0. The van der Waals surface area contributed by atoms with Crippen LogP contribution in [-0.2, 0) is 4.79 Å². The second-order valence-electron chi connectivity index (χ2n) is 2.16. The molecule has 0 radical (unpaired) electrons. The standard InChI is InChI=1S/C5H8FNO2.ClH/c6-4(5(8)9)3-1-7-2-3;/h3-4,7H,1-2H2,(H,8,9);1H. The smallest absolute Gasteiger partial charge is 0.338 e. The lowest BCUT2D eigenvalue weighted by atomic mass is 9.98. The van der Waals surface area contributed by atoms with Crippen LogP contribution in [0.4, 0.5) is 4.39 Å². The summed E-state index contributed by atoms with van der Waals surface area (Å²) >= 11 is 0. The van der Waals surface area contributed by atoms with Gasteiger partial charge in [0, 0.05) is 19.0 Å². The average Bonchev–Trinajstić information content (AvgIpc) is 1.60. The van der Waals surface area contributed by atoms with Crippen LogP contribution in [0.15, 0.2) is 0 Å². The predicted octanol–water partition coefficient (Wildman–Crippen LogP) is 0.0503. The molecule has 1 rings (SSSR count). The number of carboxylic acids is 1. The van der Waals surface area contributed by atoms with Crippen LogP contribution in [0, 0.1) is 5.92 Å². The molecule has 1 saturated heterocycles. The van der Waals surface area contributed by atoms with Crippen LogP contribution in [-0.4, -0.2) is 30.3 Å². The normalized spacial score (nSPS) is 20.5. The Balaban J connectivity index is 0.000000810. The van der Waals surface area contributed by atoms with Crippen LogP contribution in [0.25, 0.3) is 0 Å². The molecule has 0 spiro atoms. The number of rotatable bonds is 2. The minimum Gasteiger partial charge on any atom is -0.479 e. The number of halogens is 2. The van der Waals surface area contributed by atoms with E-state index in [1.165, 1.54) is 0 Å². The van der Waals surface area contributed by atoms with Crippen molar-refractivity contribution < 1.29 is 14.3 Å². The Morgan fingerprint density at radius 3 is 2.30 bits per heavy atom. The number of hydrogen-bond acceptors (Lipinski definition) is 2. The molecule has 60 valence electrons. The number of nitrogens with one attached hydrogen (secondary N) is 1. The zero-order valence-corrected chi connectivity index (χ0v) is 6.03. The van der Waals surface area contributed by atoms with Gasteiger partial charge in [0.05, 0.1) is 0 Å². The van der Waals surface area contributed by atoms with Crippen LogP contribution in [0.1, 0.15) is 0 Å². The van der Waals surface area contributed by atoms with E-state index in [0.29, 0.717) is 13.1 Å². The second kappa shape index (κ2) is 3.73. The maximum atomic E-state index is 12.3. The third-order valence-corrected chi connectivity index (χ3v) is 1.46. The van der Waals surface area contributed by atoms with Crippen LogP contribution in [0.2, 0.25) is 0 Å². The van der Waals surface area contributed by atoms with Gasteiger partial charge in [-0.05, 0) is 0 Å². The van der Waals surface area contributed by atoms with E-state index in [1.807, 2.05) is 0 Å². The van der Waals surface area contributed by atoms with Gasteiger partial charge in [-0.2, -0.15) is 0 Å². The summed E-state index contributed by atoms with van der Waals surface area (Å²) in [6.45, 7) is 0.987. The molecule has 0 amide bonds. The van der Waals surface area contributed by atoms with Gasteiger partial charge in [-0.1, -0.05) is 0 Å². The summed E-state index contributed by atoms with van der Waals surface area (Å²) in [6.07, 6.45) is -1.67. The van der Waals surface area contributed by atoms with Crippen LogP contribution >= 0.6 is 12.4 Å². The van der Waals surface area contributed by atoms with Gasteiger partial charge < -0.3 is 10.4 Å². The van der Waals surface area contributed by atoms with Crippen molar-refractivity contribution in [3.8, 4) is 0 Å². The molecule has 0 bridgehead atoms. The molecule has 0 aromatic rings. The molecule has 1 atom stereocenters. The highest BCUT2D eigenvalue weighted by Crippen LogP contribution is 2.12. The summed E-state index contributed by atoms with van der Waals surface area (Å²) in [5.74, 6) is -1.65. The van der Waals surface area contributed by atoms with E-state index in [9.17, 15) is 9.18 Å². The number of carbonyl (C=O) groups is 1. The average molecular weight is 170 g/mol. The third kappa shape index (κ3) is 1.82. The predicted molar refractivity (Wildman–Crippen MR) is 36.1 cm³/mol. The van der Waals surface area contributed by atoms with Crippen molar-refractivity contribution in [1.29, 1.82) is 0 Å². The molecule has 1 aliphatic heterocycles. The molecule has 3 nitrogen and oxygen atoms in total. The first kappa shape index (κ1) is 9.65. The molecule has 1 aliphatic rings. The maximum absolute atomic E-state index is 12.3. The van der Waals surface area contributed by atoms with Crippen molar-refractivity contribution in [2.75, 3.05) is 13.1 Å². The van der Waals surface area contributed by atoms with E-state index in [-0.39, 0.29) is 18.3 Å². The maximum Gasteiger partial charge on any atom is 0.338 e. The van der Waals surface area contributed by atoms with Crippen molar-refractivity contribution in [2.24, 2.45) is 5.92 Å². The number of carboxylic acid groups (broad SMARTS) is 1. The van der Waals surface area contributed by atoms with Gasteiger partial charge >= 0.3 is 5.97 Å². The zero-order valence-electron chi connectivity index (χ0n) is 5.21. The van der Waals surface area contributed by atoms with Crippen molar-refractivity contribution in [3.63, 3.8) is 0 Å². The molecule has 1 fully saturated rings. The summed E-state index contributed by atoms with van der Waals surface area (Å²) in [4.78, 5) is 9.93. The minimum absolute atomic E-state index is 0. The number of aliphatic carboxylic acids is 1. The third-order valence-electron chi connectivity index (χ3n) is 1.46. The first-order valence-electron chi connectivity index (χ1n) is 2.79. The van der Waals surface area contributed by atoms with Crippen LogP contribution < -0.4 is 5.32 Å². The summed E-state index contributed by atoms with van der Waals surface area (Å²) < 4.78 is 12.3. The van der Waals surface area contributed by atoms with Crippen molar-refractivity contribution in [1.82, 2.24) is 5.32 Å². The molecular weight excluding hydrogens is 161 g/mol. The molecular formula is C5H9ClFNO2. The van der Waals surface area contributed by atoms with Gasteiger partial charge in [0.25, 0.3) is 0 Å². The van der Waals surface area contributed by atoms with Gasteiger partial charge in [-0.3, -0.25) is 0 Å². The topological polar surface area (TPSA) is 49.3 Å². The van der Waals surface area contributed by atoms with Gasteiger partial charge in [-0.15, -0.1) is 12.4 Å². The lowest BCUT2D eigenvalue weighted by molar-refractivity contribution is -0.145. The Morgan fingerprint density at radius 1 is 1.70 bits per heavy atom. The van der Waals surface area contributed by atoms with Gasteiger partial charge in [0.1, 0.15) is 0 Å². The van der Waals surface area contributed by atoms with Crippen molar-refractivity contribution >= 4 is 18.4 Å². The molecule has 1 heterocycles. The fraction of sp³-hybridized carbons (Fsp3) is 0.800. The highest BCUT2D eigenvalue weighted by atomic mass is 35.5. The van der Waals surface area contributed by atoms with Crippen molar-refractivity contribution in [2.45, 2.75) is 6.17 Å². The van der Waals surface area contributed by atoms with E-state index in [4.69, 9.17) is 5.11 Å². The highest BCUT2D eigenvalue weighted by molar-refractivity contribution is 5.85. The minimum atomic E-state index is -1.67. The largest absolute Gasteiger partial charge is 0.479 e. The Labute approximate surface area is 64.0 Å². The Morgan fingerprint density at radius 2 is 2.20 bits per heavy atom. The molecule has 5 heteroatoms. The van der Waals surface area contributed by atoms with E-state index in [0.717, 1.165) is 0 Å². The molecule has 0 aromatic heterocycles. The first-order valence-corrected chi connectivity index (χ1v) is 2.79. The van der Waals surface area contributed by atoms with Crippen LogP contribution in [0.5, 0.6) is 0 Å². The quantitative estimate of drug-likeness (QED) is 0.614. The van der Waals surface area contributed by atoms with Gasteiger partial charge in [0.2, 0.25) is 6.17 Å². The fourth-order valence-corrected chi connectivity index (χ4v) is 0.720. The molecule has 1 unspecified atom stereocenters. The summed E-state index contributed by atoms with van der Waals surface area (Å²) in [5.41, 5.74) is 0. The van der Waals surface area contributed by atoms with E-state index >= 15 is 0 Å². The zero-order chi connectivity index (χ0) is 6.85. The molecule has 0 saturated carbocycles. The van der Waals surface area contributed by atoms with E-state index in [1.54, 1.807) is 0 Å². The molecule has 10 heavy (non-hydrogen) atoms. The van der Waals surface area contributed by atoms with Crippen LogP contribution in [0.3, 0.4) is 0 Å². The lowest BCUT2D eigenvalue weighted by Crippen LogP contribution is -2.49. The summed E-state index contributed by atoms with van der Waals surface area (Å²) in [7, 11) is 0. The summed E-state index contributed by atoms with van der Waals surface area (Å²) in [5, 5.41) is 10.9. The highest BCUT2D eigenvalue weighted by Gasteiger charge is 2.31. The van der Waals surface area contributed by atoms with Gasteiger partial charge in [-0.25, -0.2) is 9.18 Å².